The summed E-state index contributed by atoms with van der Waals surface area (Å²) >= 11 is 0. The van der Waals surface area contributed by atoms with Crippen molar-refractivity contribution in [3.8, 4) is 17.2 Å². The van der Waals surface area contributed by atoms with E-state index in [1.165, 1.54) is 4.90 Å². The van der Waals surface area contributed by atoms with Gasteiger partial charge in [-0.2, -0.15) is 8.42 Å². The van der Waals surface area contributed by atoms with Crippen LogP contribution in [-0.2, 0) is 24.3 Å². The van der Waals surface area contributed by atoms with E-state index in [2.05, 4.69) is 4.98 Å². The lowest BCUT2D eigenvalue weighted by Crippen LogP contribution is -2.34. The maximum atomic E-state index is 12.3. The second-order valence-corrected chi connectivity index (χ2v) is 11.0. The standard InChI is InChI=1S/C26H34N2O9S/c1-26(2,3)37-25(29)28(4)20-8-6-19(7-9-20)24-27-22-18-21(10-11-23(22)36-24)35-16-15-34-14-13-33-12-5-17-38(30,31)32/h6-11,18H,5,12-17H2,1-4H3,(H,30,31,32). The van der Waals surface area contributed by atoms with Crippen molar-refractivity contribution in [3.05, 3.63) is 42.5 Å². The molecule has 0 unspecified atom stereocenters. The molecule has 1 heterocycles. The van der Waals surface area contributed by atoms with Gasteiger partial charge in [0, 0.05) is 31.0 Å². The Morgan fingerprint density at radius 1 is 1.00 bits per heavy atom. The topological polar surface area (TPSA) is 138 Å². The average Bonchev–Trinajstić information content (AvgIpc) is 3.26. The zero-order valence-electron chi connectivity index (χ0n) is 22.0. The van der Waals surface area contributed by atoms with E-state index in [0.29, 0.717) is 54.9 Å². The number of aromatic nitrogens is 1. The normalized spacial score (nSPS) is 12.0. The van der Waals surface area contributed by atoms with Gasteiger partial charge in [-0.05, 0) is 63.6 Å². The van der Waals surface area contributed by atoms with Gasteiger partial charge in [-0.15, -0.1) is 0 Å². The number of fused-ring (bicyclic) bond motifs is 1. The molecule has 0 aliphatic rings. The van der Waals surface area contributed by atoms with Crippen molar-refractivity contribution in [2.45, 2.75) is 32.8 Å². The molecule has 0 saturated heterocycles. The highest BCUT2D eigenvalue weighted by molar-refractivity contribution is 7.85. The number of carbonyl (C=O) groups is 1. The Labute approximate surface area is 222 Å². The molecule has 208 valence electrons. The molecule has 0 bridgehead atoms. The van der Waals surface area contributed by atoms with E-state index < -0.39 is 21.8 Å². The summed E-state index contributed by atoms with van der Waals surface area (Å²) in [7, 11) is -2.29. The van der Waals surface area contributed by atoms with Crippen molar-refractivity contribution < 1.29 is 41.1 Å². The zero-order chi connectivity index (χ0) is 27.8. The van der Waals surface area contributed by atoms with Crippen LogP contribution < -0.4 is 9.64 Å². The molecule has 38 heavy (non-hydrogen) atoms. The van der Waals surface area contributed by atoms with Gasteiger partial charge in [-0.1, -0.05) is 0 Å². The zero-order valence-corrected chi connectivity index (χ0v) is 22.8. The molecule has 0 radical (unpaired) electrons. The number of benzene rings is 2. The van der Waals surface area contributed by atoms with Gasteiger partial charge in [0.05, 0.1) is 25.6 Å². The van der Waals surface area contributed by atoms with Gasteiger partial charge in [0.15, 0.2) is 5.58 Å². The van der Waals surface area contributed by atoms with E-state index in [1.807, 2.05) is 32.9 Å². The third kappa shape index (κ3) is 9.60. The lowest BCUT2D eigenvalue weighted by atomic mass is 10.2. The van der Waals surface area contributed by atoms with Gasteiger partial charge in [0.25, 0.3) is 10.1 Å². The molecule has 0 aliphatic carbocycles. The van der Waals surface area contributed by atoms with Crippen LogP contribution in [0.2, 0.25) is 0 Å². The number of anilines is 1. The Balaban J connectivity index is 1.45. The van der Waals surface area contributed by atoms with Gasteiger partial charge in [-0.25, -0.2) is 9.78 Å². The molecular weight excluding hydrogens is 516 g/mol. The number of hydrogen-bond acceptors (Lipinski definition) is 9. The molecule has 1 N–H and O–H groups in total. The number of rotatable bonds is 13. The maximum absolute atomic E-state index is 12.3. The van der Waals surface area contributed by atoms with Crippen LogP contribution in [0.1, 0.15) is 27.2 Å². The molecule has 1 aromatic heterocycles. The van der Waals surface area contributed by atoms with E-state index in [1.54, 1.807) is 37.4 Å². The van der Waals surface area contributed by atoms with Gasteiger partial charge in [-0.3, -0.25) is 9.45 Å². The molecule has 2 aromatic carbocycles. The fourth-order valence-electron chi connectivity index (χ4n) is 3.27. The quantitative estimate of drug-likeness (QED) is 0.238. The third-order valence-electron chi connectivity index (χ3n) is 5.09. The first-order valence-corrected chi connectivity index (χ1v) is 13.7. The Bertz CT molecular complexity index is 1300. The molecule has 11 nitrogen and oxygen atoms in total. The SMILES string of the molecule is CN(C(=O)OC(C)(C)C)c1ccc(-c2nc3cc(OCCOCCOCCCS(=O)(=O)O)ccc3o2)cc1. The van der Waals surface area contributed by atoms with Gasteiger partial charge < -0.3 is 23.4 Å². The van der Waals surface area contributed by atoms with Crippen molar-refractivity contribution >= 4 is 33.0 Å². The van der Waals surface area contributed by atoms with Gasteiger partial charge in [0.1, 0.15) is 23.5 Å². The molecule has 3 rings (SSSR count). The Kier molecular flexibility index (Phi) is 10.1. The van der Waals surface area contributed by atoms with E-state index in [9.17, 15) is 13.2 Å². The largest absolute Gasteiger partial charge is 0.491 e. The molecule has 3 aromatic rings. The summed E-state index contributed by atoms with van der Waals surface area (Å²) in [5.74, 6) is 0.749. The maximum Gasteiger partial charge on any atom is 0.414 e. The summed E-state index contributed by atoms with van der Waals surface area (Å²) in [6, 6.07) is 12.6. The second kappa shape index (κ2) is 13.1. The smallest absolute Gasteiger partial charge is 0.414 e. The molecule has 12 heteroatoms. The summed E-state index contributed by atoms with van der Waals surface area (Å²) < 4.78 is 57.6. The minimum absolute atomic E-state index is 0.227. The predicted molar refractivity (Wildman–Crippen MR) is 142 cm³/mol. The first kappa shape index (κ1) is 29.4. The van der Waals surface area contributed by atoms with Gasteiger partial charge >= 0.3 is 6.09 Å². The van der Waals surface area contributed by atoms with Crippen LogP contribution in [0.5, 0.6) is 5.75 Å². The van der Waals surface area contributed by atoms with Gasteiger partial charge in [0.2, 0.25) is 5.89 Å². The summed E-state index contributed by atoms with van der Waals surface area (Å²) in [5, 5.41) is 0. The third-order valence-corrected chi connectivity index (χ3v) is 5.89. The van der Waals surface area contributed by atoms with Crippen molar-refractivity contribution in [2.24, 2.45) is 0 Å². The monoisotopic (exact) mass is 550 g/mol. The average molecular weight is 551 g/mol. The Hall–Kier alpha value is -3.19. The van der Waals surface area contributed by atoms with Crippen LogP contribution in [0.4, 0.5) is 10.5 Å². The summed E-state index contributed by atoms with van der Waals surface area (Å²) in [6.07, 6.45) is -0.211. The molecule has 0 atom stereocenters. The molecule has 0 aliphatic heterocycles. The number of oxazole rings is 1. The van der Waals surface area contributed by atoms with Crippen molar-refractivity contribution in [2.75, 3.05) is 50.7 Å². The van der Waals surface area contributed by atoms with Crippen LogP contribution in [0.3, 0.4) is 0 Å². The Morgan fingerprint density at radius 2 is 1.66 bits per heavy atom. The minimum atomic E-state index is -3.95. The fraction of sp³-hybridized carbons (Fsp3) is 0.462. The number of carbonyl (C=O) groups excluding carboxylic acids is 1. The van der Waals surface area contributed by atoms with E-state index >= 15 is 0 Å². The number of nitrogens with zero attached hydrogens (tertiary/aromatic N) is 2. The lowest BCUT2D eigenvalue weighted by Gasteiger charge is -2.24. The van der Waals surface area contributed by atoms with E-state index in [0.717, 1.165) is 5.56 Å². The van der Waals surface area contributed by atoms with Crippen LogP contribution in [0.15, 0.2) is 46.9 Å². The van der Waals surface area contributed by atoms with Crippen LogP contribution in [-0.4, -0.2) is 75.5 Å². The van der Waals surface area contributed by atoms with E-state index in [4.69, 9.17) is 27.9 Å². The van der Waals surface area contributed by atoms with Crippen molar-refractivity contribution in [1.29, 1.82) is 0 Å². The molecule has 0 fully saturated rings. The summed E-state index contributed by atoms with van der Waals surface area (Å²) in [5.41, 5.74) is 2.13. The highest BCUT2D eigenvalue weighted by atomic mass is 32.2. The van der Waals surface area contributed by atoms with Crippen molar-refractivity contribution in [3.63, 3.8) is 0 Å². The summed E-state index contributed by atoms with van der Waals surface area (Å²) in [6.45, 7) is 7.02. The predicted octanol–water partition coefficient (Wildman–Crippen LogP) is 4.56. The first-order valence-electron chi connectivity index (χ1n) is 12.1. The number of hydrogen-bond donors (Lipinski definition) is 1. The Morgan fingerprint density at radius 3 is 2.32 bits per heavy atom. The molecule has 0 spiro atoms. The summed E-state index contributed by atoms with van der Waals surface area (Å²) in [4.78, 5) is 18.3. The highest BCUT2D eigenvalue weighted by Gasteiger charge is 2.20. The van der Waals surface area contributed by atoms with Crippen LogP contribution in [0, 0.1) is 0 Å². The fourth-order valence-corrected chi connectivity index (χ4v) is 3.75. The first-order chi connectivity index (χ1) is 17.9. The molecular formula is C26H34N2O9S. The number of ether oxygens (including phenoxy) is 4. The highest BCUT2D eigenvalue weighted by Crippen LogP contribution is 2.28. The lowest BCUT2D eigenvalue weighted by molar-refractivity contribution is 0.0367. The minimum Gasteiger partial charge on any atom is -0.491 e. The van der Waals surface area contributed by atoms with Crippen LogP contribution >= 0.6 is 0 Å². The molecule has 1 amide bonds. The van der Waals surface area contributed by atoms with E-state index in [-0.39, 0.29) is 18.8 Å². The van der Waals surface area contributed by atoms with Crippen molar-refractivity contribution in [1.82, 2.24) is 4.98 Å². The van der Waals surface area contributed by atoms with Crippen LogP contribution in [0.25, 0.3) is 22.6 Å². The molecule has 0 saturated carbocycles. The second-order valence-electron chi connectivity index (χ2n) is 9.45. The number of amides is 1.